The zero-order valence-electron chi connectivity index (χ0n) is 10.5. The molecule has 0 aliphatic heterocycles. The lowest BCUT2D eigenvalue weighted by Crippen LogP contribution is -2.31. The molecule has 1 fully saturated rings. The average Bonchev–Trinajstić information content (AvgIpc) is 3.08. The highest BCUT2D eigenvalue weighted by Gasteiger charge is 2.29. The van der Waals surface area contributed by atoms with Crippen LogP contribution in [0.25, 0.3) is 0 Å². The molecule has 0 amide bonds. The van der Waals surface area contributed by atoms with E-state index < -0.39 is 6.04 Å². The molecule has 1 aliphatic rings. The van der Waals surface area contributed by atoms with Gasteiger partial charge in [0.15, 0.2) is 0 Å². The molecule has 0 spiro atoms. The van der Waals surface area contributed by atoms with Gasteiger partial charge in [0, 0.05) is 11.3 Å². The Hall–Kier alpha value is -1.36. The number of aromatic nitrogens is 2. The second-order valence-corrected chi connectivity index (χ2v) is 4.66. The monoisotopic (exact) mass is 237 g/mol. The Labute approximate surface area is 101 Å². The third-order valence-corrected chi connectivity index (χ3v) is 3.22. The summed E-state index contributed by atoms with van der Waals surface area (Å²) in [6.07, 6.45) is 2.51. The molecule has 0 saturated heterocycles. The van der Waals surface area contributed by atoms with Gasteiger partial charge in [0.05, 0.1) is 12.8 Å². The van der Waals surface area contributed by atoms with Crippen molar-refractivity contribution in [3.8, 4) is 0 Å². The van der Waals surface area contributed by atoms with Gasteiger partial charge in [-0.05, 0) is 39.2 Å². The van der Waals surface area contributed by atoms with Crippen LogP contribution in [0.5, 0.6) is 0 Å². The molecule has 5 heteroatoms. The number of aromatic amines is 1. The first kappa shape index (κ1) is 12.1. The fourth-order valence-electron chi connectivity index (χ4n) is 2.01. The molecule has 94 valence electrons. The van der Waals surface area contributed by atoms with Crippen LogP contribution in [0.2, 0.25) is 0 Å². The number of carbonyl (C=O) groups excluding carboxylic acids is 1. The van der Waals surface area contributed by atoms with Gasteiger partial charge in [-0.25, -0.2) is 4.79 Å². The molecule has 1 heterocycles. The van der Waals surface area contributed by atoms with Crippen molar-refractivity contribution in [3.05, 3.63) is 17.0 Å². The lowest BCUT2D eigenvalue weighted by Gasteiger charge is -2.16. The smallest absolute Gasteiger partial charge is 0.327 e. The second-order valence-electron chi connectivity index (χ2n) is 4.66. The maximum absolute atomic E-state index is 11.8. The Balaban J connectivity index is 2.15. The van der Waals surface area contributed by atoms with E-state index in [2.05, 4.69) is 15.5 Å². The van der Waals surface area contributed by atoms with E-state index >= 15 is 0 Å². The molecule has 1 saturated carbocycles. The lowest BCUT2D eigenvalue weighted by molar-refractivity contribution is -0.143. The SMILES string of the molecule is COC(=O)C(NCC1CC1)c1c(C)n[nH]c1C. The first-order chi connectivity index (χ1) is 8.13. The van der Waals surface area contributed by atoms with Crippen molar-refractivity contribution in [1.29, 1.82) is 0 Å². The molecule has 1 aliphatic carbocycles. The minimum atomic E-state index is -0.403. The molecule has 17 heavy (non-hydrogen) atoms. The van der Waals surface area contributed by atoms with Crippen LogP contribution in [-0.2, 0) is 9.53 Å². The van der Waals surface area contributed by atoms with Gasteiger partial charge in [-0.1, -0.05) is 0 Å². The fraction of sp³-hybridized carbons (Fsp3) is 0.667. The average molecular weight is 237 g/mol. The molecule has 2 rings (SSSR count). The number of ether oxygens (including phenoxy) is 1. The van der Waals surface area contributed by atoms with E-state index in [-0.39, 0.29) is 5.97 Å². The van der Waals surface area contributed by atoms with Gasteiger partial charge in [0.1, 0.15) is 6.04 Å². The van der Waals surface area contributed by atoms with Gasteiger partial charge >= 0.3 is 5.97 Å². The van der Waals surface area contributed by atoms with Crippen molar-refractivity contribution >= 4 is 5.97 Å². The number of hydrogen-bond acceptors (Lipinski definition) is 4. The number of esters is 1. The van der Waals surface area contributed by atoms with E-state index in [9.17, 15) is 4.79 Å². The molecule has 0 radical (unpaired) electrons. The summed E-state index contributed by atoms with van der Waals surface area (Å²) in [5, 5.41) is 10.3. The van der Waals surface area contributed by atoms with Crippen molar-refractivity contribution in [2.45, 2.75) is 32.7 Å². The van der Waals surface area contributed by atoms with Crippen LogP contribution < -0.4 is 5.32 Å². The van der Waals surface area contributed by atoms with Crippen molar-refractivity contribution in [2.75, 3.05) is 13.7 Å². The Morgan fingerprint density at radius 1 is 1.59 bits per heavy atom. The summed E-state index contributed by atoms with van der Waals surface area (Å²) in [7, 11) is 1.42. The third-order valence-electron chi connectivity index (χ3n) is 3.22. The van der Waals surface area contributed by atoms with Gasteiger partial charge < -0.3 is 10.1 Å². The fourth-order valence-corrected chi connectivity index (χ4v) is 2.01. The van der Waals surface area contributed by atoms with Crippen LogP contribution in [0.15, 0.2) is 0 Å². The number of aryl methyl sites for hydroxylation is 2. The Morgan fingerprint density at radius 2 is 2.29 bits per heavy atom. The summed E-state index contributed by atoms with van der Waals surface area (Å²) in [6, 6.07) is -0.403. The number of H-pyrrole nitrogens is 1. The van der Waals surface area contributed by atoms with Crippen LogP contribution >= 0.6 is 0 Å². The Bertz CT molecular complexity index is 390. The van der Waals surface area contributed by atoms with Gasteiger partial charge in [-0.15, -0.1) is 0 Å². The van der Waals surface area contributed by atoms with Crippen molar-refractivity contribution in [3.63, 3.8) is 0 Å². The lowest BCUT2D eigenvalue weighted by atomic mass is 10.0. The summed E-state index contributed by atoms with van der Waals surface area (Å²) >= 11 is 0. The molecule has 1 aromatic heterocycles. The number of methoxy groups -OCH3 is 1. The Morgan fingerprint density at radius 3 is 2.76 bits per heavy atom. The molecule has 1 atom stereocenters. The number of hydrogen-bond donors (Lipinski definition) is 2. The van der Waals surface area contributed by atoms with E-state index in [0.29, 0.717) is 0 Å². The predicted octanol–water partition coefficient (Wildman–Crippen LogP) is 1.24. The largest absolute Gasteiger partial charge is 0.468 e. The first-order valence-corrected chi connectivity index (χ1v) is 5.96. The highest BCUT2D eigenvalue weighted by molar-refractivity contribution is 5.78. The normalized spacial score (nSPS) is 16.9. The molecule has 0 aromatic carbocycles. The second kappa shape index (κ2) is 4.87. The molecule has 5 nitrogen and oxygen atoms in total. The van der Waals surface area contributed by atoms with Gasteiger partial charge in [-0.2, -0.15) is 5.10 Å². The van der Waals surface area contributed by atoms with Crippen molar-refractivity contribution in [1.82, 2.24) is 15.5 Å². The van der Waals surface area contributed by atoms with Crippen LogP contribution in [0.3, 0.4) is 0 Å². The molecule has 2 N–H and O–H groups in total. The molecule has 1 aromatic rings. The molecular weight excluding hydrogens is 218 g/mol. The number of rotatable bonds is 5. The van der Waals surface area contributed by atoms with E-state index in [4.69, 9.17) is 4.74 Å². The number of nitrogens with one attached hydrogen (secondary N) is 2. The van der Waals surface area contributed by atoms with E-state index in [1.807, 2.05) is 13.8 Å². The summed E-state index contributed by atoms with van der Waals surface area (Å²) in [5.74, 6) is 0.466. The summed E-state index contributed by atoms with van der Waals surface area (Å²) in [6.45, 7) is 4.68. The zero-order valence-corrected chi connectivity index (χ0v) is 10.5. The van der Waals surface area contributed by atoms with Crippen LogP contribution in [0.1, 0.15) is 35.8 Å². The van der Waals surface area contributed by atoms with Gasteiger partial charge in [0.2, 0.25) is 0 Å². The van der Waals surface area contributed by atoms with E-state index in [0.717, 1.165) is 29.4 Å². The van der Waals surface area contributed by atoms with Crippen molar-refractivity contribution in [2.24, 2.45) is 5.92 Å². The quantitative estimate of drug-likeness (QED) is 0.756. The maximum Gasteiger partial charge on any atom is 0.327 e. The maximum atomic E-state index is 11.8. The minimum Gasteiger partial charge on any atom is -0.468 e. The van der Waals surface area contributed by atoms with Gasteiger partial charge in [0.25, 0.3) is 0 Å². The first-order valence-electron chi connectivity index (χ1n) is 5.96. The van der Waals surface area contributed by atoms with Crippen LogP contribution in [-0.4, -0.2) is 29.8 Å². The number of nitrogens with zero attached hydrogens (tertiary/aromatic N) is 1. The van der Waals surface area contributed by atoms with Crippen LogP contribution in [0, 0.1) is 19.8 Å². The third kappa shape index (κ3) is 2.66. The summed E-state index contributed by atoms with van der Waals surface area (Å²) < 4.78 is 4.86. The van der Waals surface area contributed by atoms with E-state index in [1.165, 1.54) is 20.0 Å². The van der Waals surface area contributed by atoms with Gasteiger partial charge in [-0.3, -0.25) is 5.10 Å². The zero-order chi connectivity index (χ0) is 12.4. The van der Waals surface area contributed by atoms with E-state index in [1.54, 1.807) is 0 Å². The molecule has 0 bridgehead atoms. The van der Waals surface area contributed by atoms with Crippen LogP contribution in [0.4, 0.5) is 0 Å². The minimum absolute atomic E-state index is 0.252. The topological polar surface area (TPSA) is 67.0 Å². The standard InChI is InChI=1S/C12H19N3O2/c1-7-10(8(2)15-14-7)11(12(16)17-3)13-6-9-4-5-9/h9,11,13H,4-6H2,1-3H3,(H,14,15). The highest BCUT2D eigenvalue weighted by atomic mass is 16.5. The summed E-state index contributed by atoms with van der Waals surface area (Å²) in [5.41, 5.74) is 2.68. The molecule has 1 unspecified atom stereocenters. The predicted molar refractivity (Wildman–Crippen MR) is 63.5 cm³/mol. The van der Waals surface area contributed by atoms with Crippen molar-refractivity contribution < 1.29 is 9.53 Å². The number of carbonyl (C=O) groups is 1. The highest BCUT2D eigenvalue weighted by Crippen LogP contribution is 2.29. The Kier molecular flexibility index (Phi) is 3.47. The molecular formula is C12H19N3O2. The summed E-state index contributed by atoms with van der Waals surface area (Å²) in [4.78, 5) is 11.8.